The largest absolute Gasteiger partial charge is 0.506 e. The van der Waals surface area contributed by atoms with Crippen LogP contribution in [0.25, 0.3) is 0 Å². The minimum absolute atomic E-state index is 0.0983. The molecule has 1 fully saturated rings. The van der Waals surface area contributed by atoms with Crippen molar-refractivity contribution in [3.05, 3.63) is 18.2 Å². The molecule has 1 unspecified atom stereocenters. The molecule has 2 rings (SSSR count). The monoisotopic (exact) mass is 299 g/mol. The zero-order valence-electron chi connectivity index (χ0n) is 10.5. The predicted molar refractivity (Wildman–Crippen MR) is 69.0 cm³/mol. The third-order valence-electron chi connectivity index (χ3n) is 2.99. The molecule has 1 heterocycles. The van der Waals surface area contributed by atoms with Gasteiger partial charge in [-0.25, -0.2) is 8.42 Å². The number of nitrogen functional groups attached to an aromatic ring is 1. The summed E-state index contributed by atoms with van der Waals surface area (Å²) in [5.74, 6) is -1.30. The number of phenols is 1. The van der Waals surface area contributed by atoms with Crippen molar-refractivity contribution in [1.29, 1.82) is 0 Å². The van der Waals surface area contributed by atoms with E-state index in [9.17, 15) is 23.1 Å². The highest BCUT2D eigenvalue weighted by Crippen LogP contribution is 2.23. The molecule has 2 amide bonds. The molecule has 1 aliphatic heterocycles. The molecular weight excluding hydrogens is 286 g/mol. The van der Waals surface area contributed by atoms with Gasteiger partial charge in [-0.1, -0.05) is 0 Å². The summed E-state index contributed by atoms with van der Waals surface area (Å²) in [6.45, 7) is 0. The number of likely N-dealkylation sites (tertiary alicyclic amines) is 1. The Morgan fingerprint density at radius 1 is 1.40 bits per heavy atom. The minimum Gasteiger partial charge on any atom is -0.506 e. The molecule has 0 saturated carbocycles. The van der Waals surface area contributed by atoms with Crippen molar-refractivity contribution in [3.63, 3.8) is 0 Å². The molecular formula is C11H13N3O5S. The third kappa shape index (κ3) is 2.45. The first-order chi connectivity index (χ1) is 9.22. The Kier molecular flexibility index (Phi) is 3.40. The number of carbonyl (C=O) groups excluding carboxylic acids is 2. The zero-order valence-corrected chi connectivity index (χ0v) is 11.3. The van der Waals surface area contributed by atoms with Gasteiger partial charge in [0.25, 0.3) is 0 Å². The second kappa shape index (κ2) is 4.76. The van der Waals surface area contributed by atoms with Crippen LogP contribution in [0.15, 0.2) is 23.1 Å². The number of hydrogen-bond acceptors (Lipinski definition) is 6. The van der Waals surface area contributed by atoms with Gasteiger partial charge in [-0.2, -0.15) is 4.72 Å². The molecule has 0 radical (unpaired) electrons. The van der Waals surface area contributed by atoms with Crippen LogP contribution in [0.3, 0.4) is 0 Å². The van der Waals surface area contributed by atoms with Gasteiger partial charge >= 0.3 is 0 Å². The summed E-state index contributed by atoms with van der Waals surface area (Å²) in [6, 6.07) is 2.24. The van der Waals surface area contributed by atoms with E-state index in [1.165, 1.54) is 7.05 Å². The van der Waals surface area contributed by atoms with Gasteiger partial charge in [0.15, 0.2) is 0 Å². The number of amides is 2. The van der Waals surface area contributed by atoms with E-state index in [-0.39, 0.29) is 22.8 Å². The van der Waals surface area contributed by atoms with Gasteiger partial charge < -0.3 is 10.8 Å². The summed E-state index contributed by atoms with van der Waals surface area (Å²) in [6.07, 6.45) is -0.220. The lowest BCUT2D eigenvalue weighted by Gasteiger charge is -2.12. The Morgan fingerprint density at radius 2 is 2.05 bits per heavy atom. The first-order valence-corrected chi connectivity index (χ1v) is 7.12. The van der Waals surface area contributed by atoms with Crippen LogP contribution in [0, 0.1) is 0 Å². The Morgan fingerprint density at radius 3 is 2.55 bits per heavy atom. The summed E-state index contributed by atoms with van der Waals surface area (Å²) >= 11 is 0. The SMILES string of the molecule is CN1C(=O)CC(NS(=O)(=O)c2ccc(O)c(N)c2)C1=O. The van der Waals surface area contributed by atoms with Gasteiger partial charge in [-0.15, -0.1) is 0 Å². The number of anilines is 1. The number of nitrogens with zero attached hydrogens (tertiary/aromatic N) is 1. The number of nitrogens with one attached hydrogen (secondary N) is 1. The summed E-state index contributed by atoms with van der Waals surface area (Å²) in [7, 11) is -2.71. The van der Waals surface area contributed by atoms with E-state index in [4.69, 9.17) is 5.73 Å². The van der Waals surface area contributed by atoms with Crippen LogP contribution in [-0.2, 0) is 19.6 Å². The molecule has 1 atom stereocenters. The molecule has 0 bridgehead atoms. The molecule has 4 N–H and O–H groups in total. The average Bonchev–Trinajstić information content (AvgIpc) is 2.60. The van der Waals surface area contributed by atoms with Gasteiger partial charge in [-0.3, -0.25) is 14.5 Å². The van der Waals surface area contributed by atoms with Crippen LogP contribution in [0.1, 0.15) is 6.42 Å². The fourth-order valence-electron chi connectivity index (χ4n) is 1.80. The first kappa shape index (κ1) is 14.3. The van der Waals surface area contributed by atoms with Crippen LogP contribution >= 0.6 is 0 Å². The van der Waals surface area contributed by atoms with E-state index < -0.39 is 27.9 Å². The smallest absolute Gasteiger partial charge is 0.247 e. The van der Waals surface area contributed by atoms with E-state index >= 15 is 0 Å². The van der Waals surface area contributed by atoms with Gasteiger partial charge in [0.1, 0.15) is 11.8 Å². The quantitative estimate of drug-likeness (QED) is 0.373. The van der Waals surface area contributed by atoms with E-state index in [2.05, 4.69) is 4.72 Å². The number of hydrogen-bond donors (Lipinski definition) is 3. The van der Waals surface area contributed by atoms with E-state index in [1.807, 2.05) is 0 Å². The number of sulfonamides is 1. The lowest BCUT2D eigenvalue weighted by atomic mass is 10.3. The molecule has 9 heteroatoms. The van der Waals surface area contributed by atoms with Crippen molar-refractivity contribution < 1.29 is 23.1 Å². The number of imide groups is 1. The summed E-state index contributed by atoms with van der Waals surface area (Å²) < 4.78 is 26.3. The second-order valence-corrected chi connectivity index (χ2v) is 6.10. The molecule has 8 nitrogen and oxygen atoms in total. The zero-order chi connectivity index (χ0) is 15.1. The van der Waals surface area contributed by atoms with Crippen molar-refractivity contribution >= 4 is 27.5 Å². The topological polar surface area (TPSA) is 130 Å². The van der Waals surface area contributed by atoms with Crippen LogP contribution in [-0.4, -0.2) is 43.3 Å². The van der Waals surface area contributed by atoms with Crippen LogP contribution in [0.4, 0.5) is 5.69 Å². The van der Waals surface area contributed by atoms with Crippen molar-refractivity contribution in [2.45, 2.75) is 17.4 Å². The molecule has 1 aromatic rings. The minimum atomic E-state index is -4.00. The molecule has 1 saturated heterocycles. The normalized spacial score (nSPS) is 19.6. The fraction of sp³-hybridized carbons (Fsp3) is 0.273. The fourth-order valence-corrected chi connectivity index (χ4v) is 3.03. The van der Waals surface area contributed by atoms with Gasteiger partial charge in [0.05, 0.1) is 17.0 Å². The van der Waals surface area contributed by atoms with Gasteiger partial charge in [0.2, 0.25) is 21.8 Å². The summed E-state index contributed by atoms with van der Waals surface area (Å²) in [5.41, 5.74) is 5.33. The number of carbonyl (C=O) groups is 2. The standard InChI is InChI=1S/C11H13N3O5S/c1-14-10(16)5-8(11(14)17)13-20(18,19)6-2-3-9(15)7(12)4-6/h2-4,8,13,15H,5,12H2,1H3. The lowest BCUT2D eigenvalue weighted by molar-refractivity contribution is -0.137. The Bertz CT molecular complexity index is 685. The van der Waals surface area contributed by atoms with E-state index in [1.54, 1.807) is 0 Å². The average molecular weight is 299 g/mol. The number of benzene rings is 1. The maximum Gasteiger partial charge on any atom is 0.247 e. The molecule has 0 aliphatic carbocycles. The lowest BCUT2D eigenvalue weighted by Crippen LogP contribution is -2.40. The maximum absolute atomic E-state index is 12.1. The van der Waals surface area contributed by atoms with Crippen molar-refractivity contribution in [3.8, 4) is 5.75 Å². The third-order valence-corrected chi connectivity index (χ3v) is 4.46. The second-order valence-electron chi connectivity index (χ2n) is 4.39. The number of aromatic hydroxyl groups is 1. The molecule has 0 spiro atoms. The van der Waals surface area contributed by atoms with Crippen molar-refractivity contribution in [2.75, 3.05) is 12.8 Å². The predicted octanol–water partition coefficient (Wildman–Crippen LogP) is -0.990. The van der Waals surface area contributed by atoms with E-state index in [0.717, 1.165) is 23.1 Å². The van der Waals surface area contributed by atoms with Crippen LogP contribution in [0.5, 0.6) is 5.75 Å². The van der Waals surface area contributed by atoms with E-state index in [0.29, 0.717) is 0 Å². The van der Waals surface area contributed by atoms with Crippen LogP contribution in [0.2, 0.25) is 0 Å². The highest BCUT2D eigenvalue weighted by Gasteiger charge is 2.38. The van der Waals surface area contributed by atoms with Crippen molar-refractivity contribution in [1.82, 2.24) is 9.62 Å². The number of phenolic OH excluding ortho intramolecular Hbond substituents is 1. The molecule has 108 valence electrons. The summed E-state index contributed by atoms with van der Waals surface area (Å²) in [5, 5.41) is 9.26. The number of rotatable bonds is 3. The van der Waals surface area contributed by atoms with Gasteiger partial charge in [-0.05, 0) is 18.2 Å². The Labute approximate surface area is 115 Å². The van der Waals surface area contributed by atoms with Crippen molar-refractivity contribution in [2.24, 2.45) is 0 Å². The Balaban J connectivity index is 2.26. The number of likely N-dealkylation sites (N-methyl/N-ethyl adjacent to an activating group) is 1. The Hall–Kier alpha value is -2.13. The number of nitrogens with two attached hydrogens (primary N) is 1. The highest BCUT2D eigenvalue weighted by molar-refractivity contribution is 7.89. The maximum atomic E-state index is 12.1. The van der Waals surface area contributed by atoms with Crippen LogP contribution < -0.4 is 10.5 Å². The molecule has 0 aromatic heterocycles. The van der Waals surface area contributed by atoms with Gasteiger partial charge in [0, 0.05) is 7.05 Å². The first-order valence-electron chi connectivity index (χ1n) is 5.63. The molecule has 1 aliphatic rings. The molecule has 20 heavy (non-hydrogen) atoms. The molecule has 1 aromatic carbocycles. The highest BCUT2D eigenvalue weighted by atomic mass is 32.2. The summed E-state index contributed by atoms with van der Waals surface area (Å²) in [4.78, 5) is 23.7.